The number of carbonyl (C=O) groups excluding carboxylic acids is 1. The van der Waals surface area contributed by atoms with Crippen LogP contribution in [0.4, 0.5) is 5.69 Å². The van der Waals surface area contributed by atoms with Gasteiger partial charge in [-0.1, -0.05) is 0 Å². The molecule has 0 fully saturated rings. The lowest BCUT2D eigenvalue weighted by Gasteiger charge is -2.03. The smallest absolute Gasteiger partial charge is 0.272 e. The van der Waals surface area contributed by atoms with Crippen LogP contribution < -0.4 is 5.73 Å². The summed E-state index contributed by atoms with van der Waals surface area (Å²) >= 11 is 1.47. The Kier molecular flexibility index (Phi) is 2.45. The number of nitrogen functional groups attached to an aromatic ring is 1. The van der Waals surface area contributed by atoms with Crippen LogP contribution in [0.1, 0.15) is 15.2 Å². The van der Waals surface area contributed by atoms with E-state index in [4.69, 9.17) is 5.73 Å². The Labute approximate surface area is 108 Å². The highest BCUT2D eigenvalue weighted by molar-refractivity contribution is 7.12. The number of hydrogen-bond donors (Lipinski definition) is 1. The van der Waals surface area contributed by atoms with E-state index in [1.165, 1.54) is 11.3 Å². The van der Waals surface area contributed by atoms with Crippen LogP contribution in [0.3, 0.4) is 0 Å². The normalized spacial score (nSPS) is 10.9. The Morgan fingerprint density at radius 3 is 2.83 bits per heavy atom. The van der Waals surface area contributed by atoms with E-state index in [2.05, 4.69) is 0 Å². The van der Waals surface area contributed by atoms with Crippen LogP contribution >= 0.6 is 11.3 Å². The van der Waals surface area contributed by atoms with Gasteiger partial charge in [-0.2, -0.15) is 0 Å². The SMILES string of the molecule is Cc1ccsc1C(=O)n1ccc2cc(N)ccc21. The minimum absolute atomic E-state index is 0.0160. The molecule has 2 N–H and O–H groups in total. The molecule has 0 aliphatic carbocycles. The van der Waals surface area contributed by atoms with E-state index in [0.29, 0.717) is 5.69 Å². The van der Waals surface area contributed by atoms with Crippen LogP contribution in [0.2, 0.25) is 0 Å². The molecule has 3 rings (SSSR count). The Balaban J connectivity index is 2.16. The van der Waals surface area contributed by atoms with Crippen molar-refractivity contribution in [2.75, 3.05) is 5.73 Å². The number of nitrogens with two attached hydrogens (primary N) is 1. The van der Waals surface area contributed by atoms with Gasteiger partial charge in [0, 0.05) is 17.3 Å². The summed E-state index contributed by atoms with van der Waals surface area (Å²) in [5, 5.41) is 2.92. The second kappa shape index (κ2) is 3.99. The molecule has 0 saturated carbocycles. The summed E-state index contributed by atoms with van der Waals surface area (Å²) in [5.74, 6) is 0.0160. The highest BCUT2D eigenvalue weighted by atomic mass is 32.1. The molecule has 2 aromatic heterocycles. The van der Waals surface area contributed by atoms with E-state index >= 15 is 0 Å². The van der Waals surface area contributed by atoms with Gasteiger partial charge in [-0.05, 0) is 48.2 Å². The maximum absolute atomic E-state index is 12.4. The average Bonchev–Trinajstić information content (AvgIpc) is 2.94. The molecule has 0 spiro atoms. The van der Waals surface area contributed by atoms with Gasteiger partial charge in [-0.25, -0.2) is 0 Å². The van der Waals surface area contributed by atoms with Gasteiger partial charge >= 0.3 is 0 Å². The van der Waals surface area contributed by atoms with E-state index in [1.54, 1.807) is 10.8 Å². The summed E-state index contributed by atoms with van der Waals surface area (Å²) in [7, 11) is 0. The lowest BCUT2D eigenvalue weighted by molar-refractivity contribution is 0.0968. The van der Waals surface area contributed by atoms with Crippen molar-refractivity contribution in [2.24, 2.45) is 0 Å². The number of aromatic nitrogens is 1. The molecule has 4 heteroatoms. The van der Waals surface area contributed by atoms with Crippen molar-refractivity contribution in [3.8, 4) is 0 Å². The standard InChI is InChI=1S/C14H12N2OS/c1-9-5-7-18-13(9)14(17)16-6-4-10-8-11(15)2-3-12(10)16/h2-8H,15H2,1H3. The minimum Gasteiger partial charge on any atom is -0.399 e. The number of carbonyl (C=O) groups is 1. The van der Waals surface area contributed by atoms with Crippen molar-refractivity contribution in [3.05, 3.63) is 52.3 Å². The highest BCUT2D eigenvalue weighted by Crippen LogP contribution is 2.23. The van der Waals surface area contributed by atoms with Crippen molar-refractivity contribution in [3.63, 3.8) is 0 Å². The van der Waals surface area contributed by atoms with E-state index in [1.807, 2.05) is 42.6 Å². The molecule has 0 amide bonds. The first-order valence-electron chi connectivity index (χ1n) is 5.62. The van der Waals surface area contributed by atoms with Crippen molar-refractivity contribution < 1.29 is 4.79 Å². The Bertz CT molecular complexity index is 739. The van der Waals surface area contributed by atoms with E-state index in [-0.39, 0.29) is 5.91 Å². The quantitative estimate of drug-likeness (QED) is 0.679. The van der Waals surface area contributed by atoms with Crippen LogP contribution in [-0.4, -0.2) is 10.5 Å². The Morgan fingerprint density at radius 1 is 1.28 bits per heavy atom. The van der Waals surface area contributed by atoms with Crippen molar-refractivity contribution in [1.29, 1.82) is 0 Å². The maximum atomic E-state index is 12.4. The summed E-state index contributed by atoms with van der Waals surface area (Å²) in [4.78, 5) is 13.2. The van der Waals surface area contributed by atoms with E-state index < -0.39 is 0 Å². The maximum Gasteiger partial charge on any atom is 0.272 e. The fraction of sp³-hybridized carbons (Fsp3) is 0.0714. The average molecular weight is 256 g/mol. The van der Waals surface area contributed by atoms with Crippen LogP contribution in [0, 0.1) is 6.92 Å². The fourth-order valence-corrected chi connectivity index (χ4v) is 2.90. The largest absolute Gasteiger partial charge is 0.399 e. The van der Waals surface area contributed by atoms with Crippen molar-refractivity contribution >= 4 is 33.8 Å². The molecule has 18 heavy (non-hydrogen) atoms. The van der Waals surface area contributed by atoms with Gasteiger partial charge in [0.15, 0.2) is 0 Å². The minimum atomic E-state index is 0.0160. The zero-order valence-electron chi connectivity index (χ0n) is 9.88. The Hall–Kier alpha value is -2.07. The van der Waals surface area contributed by atoms with Crippen LogP contribution in [0.15, 0.2) is 41.9 Å². The summed E-state index contributed by atoms with van der Waals surface area (Å²) in [5.41, 5.74) is 8.35. The van der Waals surface area contributed by atoms with Gasteiger partial charge in [-0.15, -0.1) is 11.3 Å². The monoisotopic (exact) mass is 256 g/mol. The van der Waals surface area contributed by atoms with E-state index in [0.717, 1.165) is 21.3 Å². The summed E-state index contributed by atoms with van der Waals surface area (Å²) in [6.07, 6.45) is 1.80. The molecule has 3 nitrogen and oxygen atoms in total. The van der Waals surface area contributed by atoms with Crippen LogP contribution in [-0.2, 0) is 0 Å². The lowest BCUT2D eigenvalue weighted by atomic mass is 10.2. The number of thiophene rings is 1. The summed E-state index contributed by atoms with van der Waals surface area (Å²) in [6.45, 7) is 1.95. The van der Waals surface area contributed by atoms with Crippen molar-refractivity contribution in [1.82, 2.24) is 4.57 Å². The van der Waals surface area contributed by atoms with Gasteiger partial charge in [-0.3, -0.25) is 9.36 Å². The molecule has 0 saturated heterocycles. The molecule has 90 valence electrons. The number of hydrogen-bond acceptors (Lipinski definition) is 3. The summed E-state index contributed by atoms with van der Waals surface area (Å²) < 4.78 is 1.67. The van der Waals surface area contributed by atoms with Crippen LogP contribution in [0.25, 0.3) is 10.9 Å². The molecule has 3 aromatic rings. The van der Waals surface area contributed by atoms with Crippen LogP contribution in [0.5, 0.6) is 0 Å². The van der Waals surface area contributed by atoms with Crippen molar-refractivity contribution in [2.45, 2.75) is 6.92 Å². The zero-order valence-corrected chi connectivity index (χ0v) is 10.7. The molecule has 0 unspecified atom stereocenters. The van der Waals surface area contributed by atoms with Gasteiger partial charge in [0.05, 0.1) is 10.4 Å². The second-order valence-corrected chi connectivity index (χ2v) is 5.16. The lowest BCUT2D eigenvalue weighted by Crippen LogP contribution is -2.09. The number of rotatable bonds is 1. The molecule has 0 aliphatic heterocycles. The number of benzene rings is 1. The summed E-state index contributed by atoms with van der Waals surface area (Å²) in [6, 6.07) is 9.44. The Morgan fingerprint density at radius 2 is 2.11 bits per heavy atom. The molecular weight excluding hydrogens is 244 g/mol. The number of nitrogens with zero attached hydrogens (tertiary/aromatic N) is 1. The molecule has 2 heterocycles. The third-order valence-electron chi connectivity index (χ3n) is 2.99. The predicted molar refractivity (Wildman–Crippen MR) is 75.1 cm³/mol. The second-order valence-electron chi connectivity index (χ2n) is 4.24. The third-order valence-corrected chi connectivity index (χ3v) is 3.99. The first kappa shape index (κ1) is 11.0. The predicted octanol–water partition coefficient (Wildman–Crippen LogP) is 3.28. The van der Waals surface area contributed by atoms with Gasteiger partial charge < -0.3 is 5.73 Å². The van der Waals surface area contributed by atoms with E-state index in [9.17, 15) is 4.79 Å². The topological polar surface area (TPSA) is 48.0 Å². The molecule has 0 atom stereocenters. The zero-order chi connectivity index (χ0) is 12.7. The number of fused-ring (bicyclic) bond motifs is 1. The third kappa shape index (κ3) is 1.62. The molecular formula is C14H12N2OS. The van der Waals surface area contributed by atoms with Gasteiger partial charge in [0.25, 0.3) is 5.91 Å². The molecule has 0 aliphatic rings. The first-order chi connectivity index (χ1) is 8.66. The molecule has 0 bridgehead atoms. The highest BCUT2D eigenvalue weighted by Gasteiger charge is 2.14. The van der Waals surface area contributed by atoms with Gasteiger partial charge in [0.2, 0.25) is 0 Å². The number of anilines is 1. The fourth-order valence-electron chi connectivity index (χ4n) is 2.04. The number of aryl methyl sites for hydroxylation is 1. The first-order valence-corrected chi connectivity index (χ1v) is 6.50. The molecule has 1 aromatic carbocycles. The molecule has 0 radical (unpaired) electrons. The van der Waals surface area contributed by atoms with Gasteiger partial charge in [0.1, 0.15) is 0 Å².